The average Bonchev–Trinajstić information content (AvgIpc) is 3.59. The van der Waals surface area contributed by atoms with Gasteiger partial charge < -0.3 is 9.13 Å². The fourth-order valence-electron chi connectivity index (χ4n) is 7.74. The highest BCUT2D eigenvalue weighted by Crippen LogP contribution is 2.42. The number of nitrogens with zero attached hydrogens (tertiary/aromatic N) is 5. The second kappa shape index (κ2) is 11.9. The molecule has 9 rings (SSSR count). The number of hydrogen-bond acceptors (Lipinski definition) is 3. The second-order valence-corrected chi connectivity index (χ2v) is 12.6. The standard InChI is InChI=1S/C46H27N5/c47-27-30-11-9-21-43-39(25-30)37-16-5-8-20-42(37)51(43)45-26-31(23-24-32(45)28-48)34-13-1-2-17-38(34)46-33(29-49)12-10-22-44(46)50-40-18-6-3-14-35(40)36-15-4-7-19-41(36)50/h1-20,22-26H,21H2. The molecule has 0 bridgehead atoms. The Balaban J connectivity index is 1.31. The van der Waals surface area contributed by atoms with Gasteiger partial charge in [-0.2, -0.15) is 15.8 Å². The second-order valence-electron chi connectivity index (χ2n) is 12.6. The summed E-state index contributed by atoms with van der Waals surface area (Å²) in [4.78, 5) is 0. The number of benzene rings is 6. The minimum atomic E-state index is 0.542. The van der Waals surface area contributed by atoms with E-state index < -0.39 is 0 Å². The van der Waals surface area contributed by atoms with Gasteiger partial charge in [0, 0.05) is 39.4 Å². The molecule has 0 saturated heterocycles. The van der Waals surface area contributed by atoms with Gasteiger partial charge in [-0.25, -0.2) is 0 Å². The van der Waals surface area contributed by atoms with Crippen molar-refractivity contribution in [2.45, 2.75) is 6.42 Å². The largest absolute Gasteiger partial charge is 0.311 e. The maximum absolute atomic E-state index is 10.6. The third kappa shape index (κ3) is 4.60. The Hall–Kier alpha value is -7.39. The lowest BCUT2D eigenvalue weighted by Gasteiger charge is -2.19. The third-order valence-corrected chi connectivity index (χ3v) is 9.90. The van der Waals surface area contributed by atoms with Crippen molar-refractivity contribution in [3.05, 3.63) is 174 Å². The molecule has 5 heteroatoms. The summed E-state index contributed by atoms with van der Waals surface area (Å²) in [6, 6.07) is 52.2. The van der Waals surface area contributed by atoms with Crippen LogP contribution in [0, 0.1) is 34.0 Å². The maximum atomic E-state index is 10.6. The van der Waals surface area contributed by atoms with Gasteiger partial charge in [0.05, 0.1) is 56.8 Å². The van der Waals surface area contributed by atoms with E-state index in [0.29, 0.717) is 23.1 Å². The minimum absolute atomic E-state index is 0.542. The fourth-order valence-corrected chi connectivity index (χ4v) is 7.74. The van der Waals surface area contributed by atoms with E-state index in [-0.39, 0.29) is 0 Å². The van der Waals surface area contributed by atoms with Crippen molar-refractivity contribution in [2.75, 3.05) is 0 Å². The molecule has 0 unspecified atom stereocenters. The van der Waals surface area contributed by atoms with Crippen LogP contribution in [0.3, 0.4) is 0 Å². The maximum Gasteiger partial charge on any atom is 0.101 e. The van der Waals surface area contributed by atoms with Crippen molar-refractivity contribution in [2.24, 2.45) is 0 Å². The topological polar surface area (TPSA) is 81.2 Å². The summed E-state index contributed by atoms with van der Waals surface area (Å²) in [7, 11) is 0. The number of fused-ring (bicyclic) bond motifs is 6. The van der Waals surface area contributed by atoms with E-state index in [1.54, 1.807) is 0 Å². The molecular formula is C46H27N5. The first-order valence-corrected chi connectivity index (χ1v) is 16.8. The van der Waals surface area contributed by atoms with E-state index in [4.69, 9.17) is 0 Å². The quantitative estimate of drug-likeness (QED) is 0.190. The van der Waals surface area contributed by atoms with E-state index in [1.165, 1.54) is 0 Å². The van der Waals surface area contributed by atoms with E-state index >= 15 is 0 Å². The number of hydrogen-bond donors (Lipinski definition) is 0. The van der Waals surface area contributed by atoms with Crippen LogP contribution in [0.5, 0.6) is 0 Å². The molecule has 0 N–H and O–H groups in total. The third-order valence-electron chi connectivity index (χ3n) is 9.90. The zero-order valence-electron chi connectivity index (χ0n) is 27.4. The van der Waals surface area contributed by atoms with Crippen LogP contribution in [0.25, 0.3) is 72.4 Å². The molecule has 1 aliphatic carbocycles. The lowest BCUT2D eigenvalue weighted by molar-refractivity contribution is 0.998. The van der Waals surface area contributed by atoms with E-state index in [1.807, 2.05) is 66.8 Å². The van der Waals surface area contributed by atoms with Crippen LogP contribution >= 0.6 is 0 Å². The van der Waals surface area contributed by atoms with Crippen LogP contribution in [0.15, 0.2) is 151 Å². The van der Waals surface area contributed by atoms with Gasteiger partial charge in [0.2, 0.25) is 0 Å². The molecule has 6 aromatic carbocycles. The molecule has 0 radical (unpaired) electrons. The molecule has 0 fully saturated rings. The van der Waals surface area contributed by atoms with Gasteiger partial charge in [0.25, 0.3) is 0 Å². The molecule has 2 aromatic heterocycles. The first-order chi connectivity index (χ1) is 25.2. The Morgan fingerprint density at radius 2 is 1.14 bits per heavy atom. The summed E-state index contributed by atoms with van der Waals surface area (Å²) in [5.41, 5.74) is 12.1. The van der Waals surface area contributed by atoms with Crippen LogP contribution < -0.4 is 0 Å². The summed E-state index contributed by atoms with van der Waals surface area (Å²) in [5.74, 6) is 0. The van der Waals surface area contributed by atoms with Gasteiger partial charge in [-0.1, -0.05) is 97.1 Å². The van der Waals surface area contributed by atoms with Crippen molar-refractivity contribution >= 4 is 38.8 Å². The Labute approximate surface area is 294 Å². The van der Waals surface area contributed by atoms with E-state index in [2.05, 4.69) is 112 Å². The SMILES string of the molecule is N#CC1=Cc2c(n(-c3cc(-c4ccccc4-c4c(C#N)cccc4-n4c5ccccc5c5ccccc54)ccc3C#N)c3ccccc23)CC=C1. The fraction of sp³-hybridized carbons (Fsp3) is 0.0217. The summed E-state index contributed by atoms with van der Waals surface area (Å²) >= 11 is 0. The van der Waals surface area contributed by atoms with Crippen LogP contribution in [0.2, 0.25) is 0 Å². The highest BCUT2D eigenvalue weighted by Gasteiger charge is 2.23. The first-order valence-electron chi connectivity index (χ1n) is 16.8. The normalized spacial score (nSPS) is 12.2. The van der Waals surface area contributed by atoms with Crippen LogP contribution in [0.1, 0.15) is 22.4 Å². The van der Waals surface area contributed by atoms with E-state index in [9.17, 15) is 15.8 Å². The molecule has 2 heterocycles. The Morgan fingerprint density at radius 1 is 0.510 bits per heavy atom. The molecule has 5 nitrogen and oxygen atoms in total. The molecule has 51 heavy (non-hydrogen) atoms. The molecule has 1 aliphatic rings. The highest BCUT2D eigenvalue weighted by atomic mass is 15.0. The Kier molecular flexibility index (Phi) is 6.96. The Bertz CT molecular complexity index is 2870. The van der Waals surface area contributed by atoms with Gasteiger partial charge >= 0.3 is 0 Å². The average molecular weight is 650 g/mol. The monoisotopic (exact) mass is 649 g/mol. The van der Waals surface area contributed by atoms with Crippen molar-refractivity contribution < 1.29 is 0 Å². The molecular weight excluding hydrogens is 623 g/mol. The summed E-state index contributed by atoms with van der Waals surface area (Å²) in [5, 5.41) is 34.1. The predicted octanol–water partition coefficient (Wildman–Crippen LogP) is 10.8. The molecule has 0 saturated carbocycles. The van der Waals surface area contributed by atoms with Gasteiger partial charge in [-0.15, -0.1) is 0 Å². The number of nitriles is 3. The van der Waals surface area contributed by atoms with Gasteiger partial charge in [0.1, 0.15) is 6.07 Å². The molecule has 0 atom stereocenters. The van der Waals surface area contributed by atoms with Crippen LogP contribution in [-0.4, -0.2) is 9.13 Å². The molecule has 8 aromatic rings. The van der Waals surface area contributed by atoms with Crippen LogP contribution in [-0.2, 0) is 6.42 Å². The zero-order chi connectivity index (χ0) is 34.5. The molecule has 236 valence electrons. The highest BCUT2D eigenvalue weighted by molar-refractivity contribution is 6.10. The lowest BCUT2D eigenvalue weighted by Crippen LogP contribution is -2.04. The first kappa shape index (κ1) is 29.7. The zero-order valence-corrected chi connectivity index (χ0v) is 27.4. The van der Waals surface area contributed by atoms with Gasteiger partial charge in [-0.3, -0.25) is 0 Å². The summed E-state index contributed by atoms with van der Waals surface area (Å²) in [6.07, 6.45) is 6.42. The van der Waals surface area contributed by atoms with Gasteiger partial charge in [0.15, 0.2) is 0 Å². The Morgan fingerprint density at radius 3 is 1.82 bits per heavy atom. The molecule has 0 amide bonds. The number of allylic oxidation sites excluding steroid dienone is 3. The summed E-state index contributed by atoms with van der Waals surface area (Å²) in [6.45, 7) is 0. The van der Waals surface area contributed by atoms with Crippen molar-refractivity contribution in [3.8, 4) is 51.8 Å². The molecule has 0 spiro atoms. The number of aromatic nitrogens is 2. The van der Waals surface area contributed by atoms with Gasteiger partial charge in [-0.05, 0) is 71.3 Å². The summed E-state index contributed by atoms with van der Waals surface area (Å²) < 4.78 is 4.43. The van der Waals surface area contributed by atoms with Crippen molar-refractivity contribution in [3.63, 3.8) is 0 Å². The number of para-hydroxylation sites is 3. The smallest absolute Gasteiger partial charge is 0.101 e. The minimum Gasteiger partial charge on any atom is -0.311 e. The number of rotatable bonds is 4. The van der Waals surface area contributed by atoms with Crippen LogP contribution in [0.4, 0.5) is 0 Å². The lowest BCUT2D eigenvalue weighted by atomic mass is 9.90. The predicted molar refractivity (Wildman–Crippen MR) is 204 cm³/mol. The molecule has 0 aliphatic heterocycles. The van der Waals surface area contributed by atoms with Crippen molar-refractivity contribution in [1.29, 1.82) is 15.8 Å². The van der Waals surface area contributed by atoms with Crippen molar-refractivity contribution in [1.82, 2.24) is 9.13 Å². The van der Waals surface area contributed by atoms with E-state index in [0.717, 1.165) is 77.6 Å².